The first kappa shape index (κ1) is 17.3. The Balaban J connectivity index is 1.28. The fraction of sp³-hybridized carbons (Fsp3) is 0.333. The summed E-state index contributed by atoms with van der Waals surface area (Å²) in [4.78, 5) is 7.17. The Hall–Kier alpha value is -2.80. The van der Waals surface area contributed by atoms with Gasteiger partial charge in [-0.05, 0) is 57.0 Å². The minimum Gasteiger partial charge on any atom is -0.355 e. The molecule has 4 heterocycles. The van der Waals surface area contributed by atoms with E-state index >= 15 is 0 Å². The Labute approximate surface area is 167 Å². The molecule has 0 spiro atoms. The minimum atomic E-state index is 0.538. The van der Waals surface area contributed by atoms with Gasteiger partial charge in [0.25, 0.3) is 0 Å². The maximum Gasteiger partial charge on any atom is 0.176 e. The summed E-state index contributed by atoms with van der Waals surface area (Å²) in [6, 6.07) is 14.5. The van der Waals surface area contributed by atoms with E-state index in [4.69, 9.17) is 4.98 Å². The van der Waals surface area contributed by atoms with Gasteiger partial charge in [-0.15, -0.1) is 21.5 Å². The van der Waals surface area contributed by atoms with E-state index in [-0.39, 0.29) is 0 Å². The first-order valence-corrected chi connectivity index (χ1v) is 10.5. The second kappa shape index (κ2) is 6.98. The molecule has 6 nitrogen and oxygen atoms in total. The lowest BCUT2D eigenvalue weighted by Crippen LogP contribution is -2.33. The van der Waals surface area contributed by atoms with Crippen molar-refractivity contribution in [1.29, 1.82) is 0 Å². The summed E-state index contributed by atoms with van der Waals surface area (Å²) in [5.74, 6) is 2.24. The summed E-state index contributed by atoms with van der Waals surface area (Å²) >= 11 is 1.84. The molecule has 0 aliphatic carbocycles. The third kappa shape index (κ3) is 3.16. The normalized spacial score (nSPS) is 15.4. The Morgan fingerprint density at radius 2 is 1.71 bits per heavy atom. The molecule has 1 aliphatic heterocycles. The van der Waals surface area contributed by atoms with Crippen molar-refractivity contribution in [2.75, 3.05) is 18.0 Å². The third-order valence-corrected chi connectivity index (χ3v) is 6.54. The molecule has 0 amide bonds. The number of aromatic nitrogens is 5. The highest BCUT2D eigenvalue weighted by atomic mass is 32.1. The second-order valence-electron chi connectivity index (χ2n) is 7.37. The Morgan fingerprint density at radius 1 is 0.964 bits per heavy atom. The Morgan fingerprint density at radius 3 is 2.39 bits per heavy atom. The van der Waals surface area contributed by atoms with Crippen LogP contribution in [-0.4, -0.2) is 38.1 Å². The molecule has 3 aromatic heterocycles. The highest BCUT2D eigenvalue weighted by Crippen LogP contribution is 2.34. The van der Waals surface area contributed by atoms with E-state index in [2.05, 4.69) is 50.5 Å². The second-order valence-corrected chi connectivity index (χ2v) is 8.43. The number of benzene rings is 1. The molecular weight excluding hydrogens is 368 g/mol. The predicted octanol–water partition coefficient (Wildman–Crippen LogP) is 4.27. The van der Waals surface area contributed by atoms with E-state index in [0.717, 1.165) is 54.5 Å². The number of hydrogen-bond donors (Lipinski definition) is 0. The van der Waals surface area contributed by atoms with E-state index in [1.807, 2.05) is 42.0 Å². The first-order valence-electron chi connectivity index (χ1n) is 9.65. The zero-order valence-electron chi connectivity index (χ0n) is 16.0. The molecule has 1 saturated heterocycles. The molecule has 1 aliphatic rings. The molecule has 0 bridgehead atoms. The highest BCUT2D eigenvalue weighted by Gasteiger charge is 2.24. The summed E-state index contributed by atoms with van der Waals surface area (Å²) < 4.78 is 3.12. The smallest absolute Gasteiger partial charge is 0.176 e. The molecule has 0 saturated carbocycles. The average Bonchev–Trinajstić information content (AvgIpc) is 3.31. The number of hydrogen-bond acceptors (Lipinski definition) is 6. The largest absolute Gasteiger partial charge is 0.355 e. The number of rotatable bonds is 3. The van der Waals surface area contributed by atoms with Crippen molar-refractivity contribution in [2.24, 2.45) is 0 Å². The van der Waals surface area contributed by atoms with Crippen LogP contribution in [0.5, 0.6) is 0 Å². The molecule has 4 aromatic rings. The monoisotopic (exact) mass is 390 g/mol. The van der Waals surface area contributed by atoms with Gasteiger partial charge in [0, 0.05) is 24.7 Å². The van der Waals surface area contributed by atoms with Crippen LogP contribution in [0.1, 0.15) is 35.2 Å². The molecule has 5 rings (SSSR count). The lowest BCUT2D eigenvalue weighted by molar-refractivity contribution is 0.500. The van der Waals surface area contributed by atoms with Crippen LogP contribution in [0.15, 0.2) is 42.5 Å². The van der Waals surface area contributed by atoms with Gasteiger partial charge in [-0.1, -0.05) is 12.1 Å². The van der Waals surface area contributed by atoms with Crippen LogP contribution in [0.4, 0.5) is 5.82 Å². The Kier molecular flexibility index (Phi) is 4.31. The highest BCUT2D eigenvalue weighted by molar-refractivity contribution is 7.18. The van der Waals surface area contributed by atoms with Gasteiger partial charge in [-0.3, -0.25) is 0 Å². The molecule has 1 fully saturated rings. The van der Waals surface area contributed by atoms with Gasteiger partial charge >= 0.3 is 0 Å². The number of nitrogens with zero attached hydrogens (tertiary/aromatic N) is 6. The van der Waals surface area contributed by atoms with Gasteiger partial charge in [0.2, 0.25) is 0 Å². The van der Waals surface area contributed by atoms with Crippen LogP contribution in [0, 0.1) is 13.8 Å². The molecule has 0 atom stereocenters. The zero-order chi connectivity index (χ0) is 19.1. The van der Waals surface area contributed by atoms with E-state index in [9.17, 15) is 0 Å². The topological polar surface area (TPSA) is 59.7 Å². The number of piperidine rings is 1. The molecule has 7 heteroatoms. The van der Waals surface area contributed by atoms with E-state index < -0.39 is 0 Å². The quantitative estimate of drug-likeness (QED) is 0.523. The van der Waals surface area contributed by atoms with Gasteiger partial charge < -0.3 is 4.90 Å². The molecule has 142 valence electrons. The molecule has 0 unspecified atom stereocenters. The number of aryl methyl sites for hydroxylation is 2. The Bertz CT molecular complexity index is 1070. The van der Waals surface area contributed by atoms with Crippen LogP contribution < -0.4 is 4.90 Å². The molecule has 28 heavy (non-hydrogen) atoms. The molecule has 1 aromatic carbocycles. The van der Waals surface area contributed by atoms with Crippen molar-refractivity contribution in [3.8, 4) is 5.82 Å². The summed E-state index contributed by atoms with van der Waals surface area (Å²) in [5.41, 5.74) is 3.17. The molecular formula is C21H22N6S. The van der Waals surface area contributed by atoms with Gasteiger partial charge in [-0.25, -0.2) is 9.67 Å². The number of anilines is 1. The first-order chi connectivity index (χ1) is 13.7. The summed E-state index contributed by atoms with van der Waals surface area (Å²) in [7, 11) is 0. The van der Waals surface area contributed by atoms with Crippen molar-refractivity contribution < 1.29 is 0 Å². The maximum atomic E-state index is 4.85. The van der Waals surface area contributed by atoms with Crippen molar-refractivity contribution in [3.05, 3.63) is 58.9 Å². The lowest BCUT2D eigenvalue weighted by atomic mass is 9.97. The van der Waals surface area contributed by atoms with Gasteiger partial charge in [-0.2, -0.15) is 5.10 Å². The summed E-state index contributed by atoms with van der Waals surface area (Å²) in [6.07, 6.45) is 2.20. The van der Waals surface area contributed by atoms with Crippen LogP contribution >= 0.6 is 11.3 Å². The van der Waals surface area contributed by atoms with Crippen molar-refractivity contribution in [2.45, 2.75) is 32.6 Å². The fourth-order valence-electron chi connectivity index (χ4n) is 3.88. The van der Waals surface area contributed by atoms with E-state index in [1.165, 1.54) is 9.71 Å². The predicted molar refractivity (Wildman–Crippen MR) is 112 cm³/mol. The number of fused-ring (bicyclic) bond motifs is 1. The van der Waals surface area contributed by atoms with Crippen molar-refractivity contribution in [1.82, 2.24) is 25.0 Å². The van der Waals surface area contributed by atoms with Crippen LogP contribution in [0.25, 0.3) is 16.0 Å². The SMILES string of the molecule is Cc1cc(C)n(-c2ccc(N3CCC(c4nc5ccccc5s4)CC3)nn2)n1. The van der Waals surface area contributed by atoms with Crippen molar-refractivity contribution >= 4 is 27.4 Å². The zero-order valence-corrected chi connectivity index (χ0v) is 16.9. The summed E-state index contributed by atoms with van der Waals surface area (Å²) in [6.45, 7) is 5.98. The van der Waals surface area contributed by atoms with Crippen molar-refractivity contribution in [3.63, 3.8) is 0 Å². The third-order valence-electron chi connectivity index (χ3n) is 5.34. The molecule has 0 N–H and O–H groups in total. The number of para-hydroxylation sites is 1. The van der Waals surface area contributed by atoms with Crippen LogP contribution in [0.2, 0.25) is 0 Å². The fourth-order valence-corrected chi connectivity index (χ4v) is 5.02. The summed E-state index contributed by atoms with van der Waals surface area (Å²) in [5, 5.41) is 14.6. The van der Waals surface area contributed by atoms with Gasteiger partial charge in [0.15, 0.2) is 11.6 Å². The lowest BCUT2D eigenvalue weighted by Gasteiger charge is -2.31. The maximum absolute atomic E-state index is 4.85. The van der Waals surface area contributed by atoms with Crippen LogP contribution in [0.3, 0.4) is 0 Å². The van der Waals surface area contributed by atoms with Crippen LogP contribution in [-0.2, 0) is 0 Å². The van der Waals surface area contributed by atoms with E-state index in [1.54, 1.807) is 0 Å². The molecule has 0 radical (unpaired) electrons. The minimum absolute atomic E-state index is 0.538. The number of thiazole rings is 1. The standard InChI is InChI=1S/C21H22N6S/c1-14-13-15(2)27(25-14)20-8-7-19(23-24-20)26-11-9-16(10-12-26)21-22-17-5-3-4-6-18(17)28-21/h3-8,13,16H,9-12H2,1-2H3. The van der Waals surface area contributed by atoms with Gasteiger partial charge in [0.05, 0.1) is 20.9 Å². The van der Waals surface area contributed by atoms with Gasteiger partial charge in [0.1, 0.15) is 0 Å². The van der Waals surface area contributed by atoms with E-state index in [0.29, 0.717) is 5.92 Å². The average molecular weight is 391 g/mol.